The van der Waals surface area contributed by atoms with Crippen molar-refractivity contribution in [3.63, 3.8) is 0 Å². The lowest BCUT2D eigenvalue weighted by atomic mass is 10.2. The SMILES string of the molecule is O=C(O)c1cc(F)cc2[nH]c(-c3ccc(Cl)c(Cl)c3)nc12. The highest BCUT2D eigenvalue weighted by atomic mass is 35.5. The van der Waals surface area contributed by atoms with E-state index in [1.165, 1.54) is 6.07 Å². The van der Waals surface area contributed by atoms with Gasteiger partial charge in [0.25, 0.3) is 0 Å². The third kappa shape index (κ3) is 2.46. The van der Waals surface area contributed by atoms with Crippen LogP contribution in [0.4, 0.5) is 4.39 Å². The number of nitrogens with one attached hydrogen (secondary N) is 1. The number of rotatable bonds is 2. The summed E-state index contributed by atoms with van der Waals surface area (Å²) in [5.74, 6) is -1.51. The number of aromatic amines is 1. The minimum atomic E-state index is -1.24. The number of H-pyrrole nitrogens is 1. The Morgan fingerprint density at radius 3 is 2.62 bits per heavy atom. The van der Waals surface area contributed by atoms with E-state index >= 15 is 0 Å². The van der Waals surface area contributed by atoms with Crippen LogP contribution < -0.4 is 0 Å². The highest BCUT2D eigenvalue weighted by molar-refractivity contribution is 6.42. The molecule has 0 saturated carbocycles. The second-order valence-electron chi connectivity index (χ2n) is 4.37. The summed E-state index contributed by atoms with van der Waals surface area (Å²) >= 11 is 11.8. The number of hydrogen-bond donors (Lipinski definition) is 2. The maximum atomic E-state index is 13.4. The lowest BCUT2D eigenvalue weighted by Gasteiger charge is -1.99. The molecule has 1 heterocycles. The normalized spacial score (nSPS) is 11.0. The van der Waals surface area contributed by atoms with Crippen LogP contribution in [0.3, 0.4) is 0 Å². The molecule has 21 heavy (non-hydrogen) atoms. The number of carbonyl (C=O) groups is 1. The molecule has 0 aliphatic heterocycles. The molecule has 2 aromatic carbocycles. The molecule has 0 bridgehead atoms. The smallest absolute Gasteiger partial charge is 0.338 e. The van der Waals surface area contributed by atoms with Crippen molar-refractivity contribution in [3.05, 3.63) is 51.8 Å². The summed E-state index contributed by atoms with van der Waals surface area (Å²) in [6, 6.07) is 7.01. The molecule has 7 heteroatoms. The van der Waals surface area contributed by atoms with Crippen molar-refractivity contribution < 1.29 is 14.3 Å². The van der Waals surface area contributed by atoms with Gasteiger partial charge in [0.05, 0.1) is 21.1 Å². The zero-order valence-corrected chi connectivity index (χ0v) is 11.8. The highest BCUT2D eigenvalue weighted by Gasteiger charge is 2.16. The van der Waals surface area contributed by atoms with Gasteiger partial charge < -0.3 is 10.1 Å². The van der Waals surface area contributed by atoms with E-state index in [-0.39, 0.29) is 11.1 Å². The van der Waals surface area contributed by atoms with Crippen LogP contribution in [0.5, 0.6) is 0 Å². The second-order valence-corrected chi connectivity index (χ2v) is 5.18. The van der Waals surface area contributed by atoms with E-state index < -0.39 is 11.8 Å². The maximum Gasteiger partial charge on any atom is 0.338 e. The number of benzene rings is 2. The van der Waals surface area contributed by atoms with Crippen molar-refractivity contribution in [1.82, 2.24) is 9.97 Å². The number of aromatic carboxylic acids is 1. The fourth-order valence-corrected chi connectivity index (χ4v) is 2.32. The third-order valence-electron chi connectivity index (χ3n) is 2.97. The van der Waals surface area contributed by atoms with E-state index in [9.17, 15) is 9.18 Å². The molecular weight excluding hydrogens is 318 g/mol. The van der Waals surface area contributed by atoms with Gasteiger partial charge in [0.1, 0.15) is 17.2 Å². The Morgan fingerprint density at radius 2 is 1.95 bits per heavy atom. The molecular formula is C14H7Cl2FN2O2. The molecule has 0 unspecified atom stereocenters. The van der Waals surface area contributed by atoms with Crippen molar-refractivity contribution in [2.45, 2.75) is 0 Å². The third-order valence-corrected chi connectivity index (χ3v) is 3.71. The fourth-order valence-electron chi connectivity index (χ4n) is 2.03. The van der Waals surface area contributed by atoms with Gasteiger partial charge in [-0.15, -0.1) is 0 Å². The number of carboxylic acid groups (broad SMARTS) is 1. The zero-order chi connectivity index (χ0) is 15.1. The molecule has 0 amide bonds. The van der Waals surface area contributed by atoms with Gasteiger partial charge in [-0.2, -0.15) is 0 Å². The average molecular weight is 325 g/mol. The summed E-state index contributed by atoms with van der Waals surface area (Å²) in [4.78, 5) is 18.2. The van der Waals surface area contributed by atoms with Crippen LogP contribution in [0, 0.1) is 5.82 Å². The van der Waals surface area contributed by atoms with Crippen molar-refractivity contribution >= 4 is 40.2 Å². The Labute approximate surface area is 128 Å². The minimum Gasteiger partial charge on any atom is -0.478 e. The molecule has 0 aliphatic carbocycles. The number of halogens is 3. The summed E-state index contributed by atoms with van der Waals surface area (Å²) in [5, 5.41) is 9.85. The first-order valence-corrected chi connectivity index (χ1v) is 6.59. The van der Waals surface area contributed by atoms with E-state index in [2.05, 4.69) is 9.97 Å². The summed E-state index contributed by atoms with van der Waals surface area (Å²) in [6.07, 6.45) is 0. The van der Waals surface area contributed by atoms with Crippen LogP contribution in [-0.4, -0.2) is 21.0 Å². The molecule has 3 aromatic rings. The number of hydrogen-bond acceptors (Lipinski definition) is 2. The Kier molecular flexibility index (Phi) is 3.31. The molecule has 1 aromatic heterocycles. The Hall–Kier alpha value is -2.11. The zero-order valence-electron chi connectivity index (χ0n) is 10.3. The van der Waals surface area contributed by atoms with Gasteiger partial charge in [-0.25, -0.2) is 14.2 Å². The van der Waals surface area contributed by atoms with Crippen LogP contribution in [-0.2, 0) is 0 Å². The standard InChI is InChI=1S/C14H7Cl2FN2O2/c15-9-2-1-6(3-10(9)16)13-18-11-5-7(17)4-8(14(20)21)12(11)19-13/h1-5H,(H,18,19)(H,20,21). The number of nitrogens with zero attached hydrogens (tertiary/aromatic N) is 1. The Bertz CT molecular complexity index is 877. The molecule has 3 rings (SSSR count). The van der Waals surface area contributed by atoms with Crippen LogP contribution >= 0.6 is 23.2 Å². The van der Waals surface area contributed by atoms with E-state index in [0.717, 1.165) is 6.07 Å². The molecule has 2 N–H and O–H groups in total. The largest absolute Gasteiger partial charge is 0.478 e. The minimum absolute atomic E-state index is 0.185. The maximum absolute atomic E-state index is 13.4. The Balaban J connectivity index is 2.23. The average Bonchev–Trinajstić information content (AvgIpc) is 2.84. The number of imidazole rings is 1. The monoisotopic (exact) mass is 324 g/mol. The number of fused-ring (bicyclic) bond motifs is 1. The van der Waals surface area contributed by atoms with Crippen LogP contribution in [0.25, 0.3) is 22.4 Å². The quantitative estimate of drug-likeness (QED) is 0.735. The summed E-state index contributed by atoms with van der Waals surface area (Å²) in [7, 11) is 0. The predicted molar refractivity (Wildman–Crippen MR) is 78.5 cm³/mol. The molecule has 4 nitrogen and oxygen atoms in total. The van der Waals surface area contributed by atoms with Gasteiger partial charge in [0.2, 0.25) is 0 Å². The number of aromatic nitrogens is 2. The Morgan fingerprint density at radius 1 is 1.19 bits per heavy atom. The number of carboxylic acids is 1. The summed E-state index contributed by atoms with van der Waals surface area (Å²) in [5.41, 5.74) is 0.906. The lowest BCUT2D eigenvalue weighted by Crippen LogP contribution is -1.98. The molecule has 0 radical (unpaired) electrons. The van der Waals surface area contributed by atoms with Gasteiger partial charge >= 0.3 is 5.97 Å². The fraction of sp³-hybridized carbons (Fsp3) is 0. The topological polar surface area (TPSA) is 66.0 Å². The molecule has 0 aliphatic rings. The van der Waals surface area contributed by atoms with Crippen molar-refractivity contribution in [2.24, 2.45) is 0 Å². The van der Waals surface area contributed by atoms with Gasteiger partial charge in [0, 0.05) is 5.56 Å². The van der Waals surface area contributed by atoms with Crippen LogP contribution in [0.1, 0.15) is 10.4 Å². The first-order valence-electron chi connectivity index (χ1n) is 5.83. The van der Waals surface area contributed by atoms with Gasteiger partial charge in [0.15, 0.2) is 0 Å². The van der Waals surface area contributed by atoms with Crippen LogP contribution in [0.15, 0.2) is 30.3 Å². The molecule has 0 atom stereocenters. The summed E-state index contributed by atoms with van der Waals surface area (Å²) < 4.78 is 13.4. The van der Waals surface area contributed by atoms with E-state index in [0.29, 0.717) is 26.9 Å². The first kappa shape index (κ1) is 13.9. The second kappa shape index (κ2) is 5.02. The molecule has 0 fully saturated rings. The van der Waals surface area contributed by atoms with Gasteiger partial charge in [-0.3, -0.25) is 0 Å². The van der Waals surface area contributed by atoms with Crippen molar-refractivity contribution in [3.8, 4) is 11.4 Å². The van der Waals surface area contributed by atoms with Gasteiger partial charge in [-0.05, 0) is 30.3 Å². The van der Waals surface area contributed by atoms with Crippen molar-refractivity contribution in [1.29, 1.82) is 0 Å². The highest BCUT2D eigenvalue weighted by Crippen LogP contribution is 2.29. The lowest BCUT2D eigenvalue weighted by molar-refractivity contribution is 0.0698. The van der Waals surface area contributed by atoms with E-state index in [4.69, 9.17) is 28.3 Å². The van der Waals surface area contributed by atoms with Gasteiger partial charge in [-0.1, -0.05) is 23.2 Å². The molecule has 0 saturated heterocycles. The van der Waals surface area contributed by atoms with E-state index in [1.54, 1.807) is 18.2 Å². The molecule has 106 valence electrons. The first-order chi connectivity index (χ1) is 9.95. The summed E-state index contributed by atoms with van der Waals surface area (Å²) in [6.45, 7) is 0. The van der Waals surface area contributed by atoms with Crippen molar-refractivity contribution in [2.75, 3.05) is 0 Å². The predicted octanol–water partition coefficient (Wildman–Crippen LogP) is 4.37. The van der Waals surface area contributed by atoms with E-state index in [1.807, 2.05) is 0 Å². The van der Waals surface area contributed by atoms with Crippen LogP contribution in [0.2, 0.25) is 10.0 Å². The molecule has 0 spiro atoms.